The van der Waals surface area contributed by atoms with Crippen molar-refractivity contribution in [2.75, 3.05) is 13.2 Å². The van der Waals surface area contributed by atoms with Gasteiger partial charge in [-0.25, -0.2) is 4.79 Å². The minimum Gasteiger partial charge on any atom is -0.480 e. The van der Waals surface area contributed by atoms with Crippen molar-refractivity contribution in [2.45, 2.75) is 6.10 Å². The lowest BCUT2D eigenvalue weighted by molar-refractivity contribution is -0.143. The van der Waals surface area contributed by atoms with Gasteiger partial charge in [-0.3, -0.25) is 0 Å². The van der Waals surface area contributed by atoms with Crippen LogP contribution in [0.4, 0.5) is 0 Å². The van der Waals surface area contributed by atoms with Crippen molar-refractivity contribution < 1.29 is 19.7 Å². The third-order valence-electron chi connectivity index (χ3n) is 1.82. The van der Waals surface area contributed by atoms with Gasteiger partial charge in [-0.05, 0) is 12.1 Å². The van der Waals surface area contributed by atoms with E-state index in [1.54, 1.807) is 12.1 Å². The van der Waals surface area contributed by atoms with Gasteiger partial charge in [0.15, 0.2) is 0 Å². The fourth-order valence-corrected chi connectivity index (χ4v) is 1.65. The summed E-state index contributed by atoms with van der Waals surface area (Å²) in [6.45, 7) is -0.587. The van der Waals surface area contributed by atoms with Crippen molar-refractivity contribution in [1.29, 1.82) is 0 Å². The normalized spacial score (nSPS) is 12.4. The number of aliphatic hydroxyl groups is 1. The van der Waals surface area contributed by atoms with Crippen LogP contribution in [0.5, 0.6) is 0 Å². The van der Waals surface area contributed by atoms with E-state index < -0.39 is 18.7 Å². The molecule has 88 valence electrons. The summed E-state index contributed by atoms with van der Waals surface area (Å²) in [6.07, 6.45) is -0.968. The Balaban J connectivity index is 2.58. The number of benzene rings is 1. The Morgan fingerprint density at radius 2 is 2.12 bits per heavy atom. The van der Waals surface area contributed by atoms with Crippen LogP contribution in [0.1, 0.15) is 11.7 Å². The lowest BCUT2D eigenvalue weighted by atomic mass is 10.1. The summed E-state index contributed by atoms with van der Waals surface area (Å²) in [7, 11) is 0. The van der Waals surface area contributed by atoms with Crippen LogP contribution in [0.15, 0.2) is 18.2 Å². The van der Waals surface area contributed by atoms with Crippen LogP contribution in [0.3, 0.4) is 0 Å². The molecular formula is C10H10Cl2O4. The average molecular weight is 265 g/mol. The van der Waals surface area contributed by atoms with Crippen molar-refractivity contribution >= 4 is 29.2 Å². The summed E-state index contributed by atoms with van der Waals surface area (Å²) in [5.41, 5.74) is 0.455. The third-order valence-corrected chi connectivity index (χ3v) is 2.39. The number of carbonyl (C=O) groups is 1. The maximum Gasteiger partial charge on any atom is 0.329 e. The Morgan fingerprint density at radius 3 is 2.69 bits per heavy atom. The number of ether oxygens (including phenoxy) is 1. The van der Waals surface area contributed by atoms with E-state index in [4.69, 9.17) is 33.0 Å². The second kappa shape index (κ2) is 6.06. The number of aliphatic carboxylic acids is 1. The number of carboxylic acids is 1. The zero-order valence-electron chi connectivity index (χ0n) is 8.19. The minimum absolute atomic E-state index is 0.131. The van der Waals surface area contributed by atoms with E-state index in [0.29, 0.717) is 15.6 Å². The second-order valence-corrected chi connectivity index (χ2v) is 3.93. The highest BCUT2D eigenvalue weighted by atomic mass is 35.5. The standard InChI is InChI=1S/C10H10Cl2O4/c11-6-1-2-7(8(12)3-6)9(13)4-16-5-10(14)15/h1-3,9,13H,4-5H2,(H,14,15). The van der Waals surface area contributed by atoms with E-state index in [0.717, 1.165) is 0 Å². The predicted molar refractivity (Wildman–Crippen MR) is 59.9 cm³/mol. The first-order valence-corrected chi connectivity index (χ1v) is 5.19. The summed E-state index contributed by atoms with van der Waals surface area (Å²) in [6, 6.07) is 4.65. The minimum atomic E-state index is -1.09. The molecule has 0 aromatic heterocycles. The van der Waals surface area contributed by atoms with Crippen LogP contribution < -0.4 is 0 Å². The van der Waals surface area contributed by atoms with Crippen LogP contribution >= 0.6 is 23.2 Å². The molecule has 0 aliphatic rings. The monoisotopic (exact) mass is 264 g/mol. The number of carboxylic acid groups (broad SMARTS) is 1. The maximum absolute atomic E-state index is 10.2. The molecule has 0 radical (unpaired) electrons. The fourth-order valence-electron chi connectivity index (χ4n) is 1.12. The topological polar surface area (TPSA) is 66.8 Å². The van der Waals surface area contributed by atoms with Gasteiger partial charge in [0.2, 0.25) is 0 Å². The lowest BCUT2D eigenvalue weighted by Crippen LogP contribution is -2.13. The van der Waals surface area contributed by atoms with E-state index in [2.05, 4.69) is 0 Å². The van der Waals surface area contributed by atoms with E-state index in [-0.39, 0.29) is 6.61 Å². The molecule has 4 nitrogen and oxygen atoms in total. The van der Waals surface area contributed by atoms with Crippen molar-refractivity contribution in [1.82, 2.24) is 0 Å². The Morgan fingerprint density at radius 1 is 1.44 bits per heavy atom. The largest absolute Gasteiger partial charge is 0.480 e. The molecule has 0 bridgehead atoms. The van der Waals surface area contributed by atoms with E-state index in [1.165, 1.54) is 6.07 Å². The first kappa shape index (κ1) is 13.3. The van der Waals surface area contributed by atoms with Crippen LogP contribution in [-0.2, 0) is 9.53 Å². The highest BCUT2D eigenvalue weighted by Gasteiger charge is 2.12. The van der Waals surface area contributed by atoms with Crippen molar-refractivity contribution in [3.05, 3.63) is 33.8 Å². The molecule has 6 heteroatoms. The van der Waals surface area contributed by atoms with E-state index in [1.807, 2.05) is 0 Å². The van der Waals surface area contributed by atoms with Gasteiger partial charge in [0, 0.05) is 15.6 Å². The molecule has 1 aromatic rings. The molecule has 0 amide bonds. The van der Waals surface area contributed by atoms with Gasteiger partial charge in [-0.2, -0.15) is 0 Å². The SMILES string of the molecule is O=C(O)COCC(O)c1ccc(Cl)cc1Cl. The Bertz CT molecular complexity index is 381. The number of aliphatic hydroxyl groups excluding tert-OH is 1. The Hall–Kier alpha value is -0.810. The number of halogens is 2. The molecule has 0 spiro atoms. The molecule has 1 aromatic carbocycles. The average Bonchev–Trinajstić information content (AvgIpc) is 2.16. The van der Waals surface area contributed by atoms with E-state index >= 15 is 0 Å². The molecule has 1 unspecified atom stereocenters. The molecule has 1 rings (SSSR count). The number of hydrogen-bond donors (Lipinski definition) is 2. The zero-order chi connectivity index (χ0) is 12.1. The molecule has 2 N–H and O–H groups in total. The summed E-state index contributed by atoms with van der Waals surface area (Å²) in [4.78, 5) is 10.2. The summed E-state index contributed by atoms with van der Waals surface area (Å²) in [5, 5.41) is 18.8. The lowest BCUT2D eigenvalue weighted by Gasteiger charge is -2.12. The van der Waals surface area contributed by atoms with Crippen molar-refractivity contribution in [2.24, 2.45) is 0 Å². The van der Waals surface area contributed by atoms with Crippen LogP contribution in [0.2, 0.25) is 10.0 Å². The van der Waals surface area contributed by atoms with Gasteiger partial charge >= 0.3 is 5.97 Å². The predicted octanol–water partition coefficient (Wildman–Crippen LogP) is 2.13. The Kier molecular flexibility index (Phi) is 5.02. The van der Waals surface area contributed by atoms with Gasteiger partial charge < -0.3 is 14.9 Å². The molecule has 0 heterocycles. The van der Waals surface area contributed by atoms with E-state index in [9.17, 15) is 9.90 Å². The maximum atomic E-state index is 10.2. The highest BCUT2D eigenvalue weighted by Crippen LogP contribution is 2.26. The zero-order valence-corrected chi connectivity index (χ0v) is 9.70. The van der Waals surface area contributed by atoms with Gasteiger partial charge in [0.05, 0.1) is 6.61 Å². The van der Waals surface area contributed by atoms with Crippen LogP contribution in [0, 0.1) is 0 Å². The molecule has 0 aliphatic heterocycles. The van der Waals surface area contributed by atoms with Crippen LogP contribution in [0.25, 0.3) is 0 Å². The third kappa shape index (κ3) is 3.98. The first-order valence-electron chi connectivity index (χ1n) is 4.43. The van der Waals surface area contributed by atoms with Gasteiger partial charge in [0.25, 0.3) is 0 Å². The van der Waals surface area contributed by atoms with Crippen LogP contribution in [-0.4, -0.2) is 29.4 Å². The molecule has 16 heavy (non-hydrogen) atoms. The van der Waals surface area contributed by atoms with Crippen molar-refractivity contribution in [3.8, 4) is 0 Å². The van der Waals surface area contributed by atoms with Gasteiger partial charge in [0.1, 0.15) is 12.7 Å². The highest BCUT2D eigenvalue weighted by molar-refractivity contribution is 6.35. The second-order valence-electron chi connectivity index (χ2n) is 3.09. The molecular weight excluding hydrogens is 255 g/mol. The van der Waals surface area contributed by atoms with Gasteiger partial charge in [-0.1, -0.05) is 29.3 Å². The molecule has 0 saturated carbocycles. The summed E-state index contributed by atoms with van der Waals surface area (Å²) in [5.74, 6) is -1.09. The summed E-state index contributed by atoms with van der Waals surface area (Å²) < 4.78 is 4.76. The smallest absolute Gasteiger partial charge is 0.329 e. The summed E-state index contributed by atoms with van der Waals surface area (Å²) >= 11 is 11.5. The fraction of sp³-hybridized carbons (Fsp3) is 0.300. The van der Waals surface area contributed by atoms with Crippen molar-refractivity contribution in [3.63, 3.8) is 0 Å². The molecule has 0 saturated heterocycles. The number of hydrogen-bond acceptors (Lipinski definition) is 3. The first-order chi connectivity index (χ1) is 7.50. The molecule has 0 aliphatic carbocycles. The number of rotatable bonds is 5. The molecule has 0 fully saturated rings. The Labute approximate surface area is 102 Å². The quantitative estimate of drug-likeness (QED) is 0.855. The van der Waals surface area contributed by atoms with Gasteiger partial charge in [-0.15, -0.1) is 0 Å². The molecule has 1 atom stereocenters.